The average molecular weight is 605 g/mol. The van der Waals surface area contributed by atoms with Crippen molar-refractivity contribution in [1.82, 2.24) is 20.7 Å². The maximum absolute atomic E-state index is 13.4. The number of hydrogen-bond donors (Lipinski definition) is 4. The molecule has 3 amide bonds. The molecule has 4 rings (SSSR count). The first-order valence-corrected chi connectivity index (χ1v) is 15.8. The van der Waals surface area contributed by atoms with E-state index >= 15 is 0 Å². The summed E-state index contributed by atoms with van der Waals surface area (Å²) < 4.78 is 41.9. The highest BCUT2D eigenvalue weighted by atomic mass is 32.2. The molecule has 3 atom stereocenters. The van der Waals surface area contributed by atoms with Crippen LogP contribution in [0, 0.1) is 5.92 Å². The van der Waals surface area contributed by atoms with Crippen LogP contribution in [0.5, 0.6) is 0 Å². The van der Waals surface area contributed by atoms with Gasteiger partial charge >= 0.3 is 0 Å². The molecule has 1 saturated heterocycles. The SMILES string of the molecule is CC(CC(=O)NC1CCCNCC1)C[C@H](NC(=O)c1cc2ccccc2s1)C(=O)NS(=O)(=O)C1=CC=C(F)C(=O)C1. The zero-order valence-electron chi connectivity index (χ0n) is 22.6. The Labute approximate surface area is 241 Å². The molecule has 2 aromatic rings. The van der Waals surface area contributed by atoms with Gasteiger partial charge in [0.05, 0.1) is 16.2 Å². The van der Waals surface area contributed by atoms with E-state index in [1.54, 1.807) is 13.0 Å². The lowest BCUT2D eigenvalue weighted by Gasteiger charge is -2.23. The van der Waals surface area contributed by atoms with E-state index in [0.717, 1.165) is 54.6 Å². The monoisotopic (exact) mass is 604 g/mol. The van der Waals surface area contributed by atoms with Crippen molar-refractivity contribution in [3.63, 3.8) is 0 Å². The van der Waals surface area contributed by atoms with Crippen LogP contribution in [0.15, 0.2) is 53.2 Å². The number of rotatable bonds is 10. The number of thiophene rings is 1. The number of benzene rings is 1. The third kappa shape index (κ3) is 8.30. The topological polar surface area (TPSA) is 151 Å². The predicted octanol–water partition coefficient (Wildman–Crippen LogP) is 2.83. The van der Waals surface area contributed by atoms with Gasteiger partial charge in [-0.25, -0.2) is 17.5 Å². The second-order valence-electron chi connectivity index (χ2n) is 10.4. The Morgan fingerprint density at radius 2 is 1.93 bits per heavy atom. The number of amides is 3. The fourth-order valence-electron chi connectivity index (χ4n) is 4.82. The van der Waals surface area contributed by atoms with Gasteiger partial charge in [0.25, 0.3) is 21.8 Å². The number of fused-ring (bicyclic) bond motifs is 1. The number of nitrogens with one attached hydrogen (secondary N) is 4. The van der Waals surface area contributed by atoms with Gasteiger partial charge in [-0.1, -0.05) is 25.1 Å². The van der Waals surface area contributed by atoms with Crippen molar-refractivity contribution in [1.29, 1.82) is 0 Å². The Bertz CT molecular complexity index is 1460. The van der Waals surface area contributed by atoms with Crippen molar-refractivity contribution < 1.29 is 32.0 Å². The molecule has 0 bridgehead atoms. The highest BCUT2D eigenvalue weighted by Gasteiger charge is 2.32. The number of hydrogen-bond acceptors (Lipinski definition) is 8. The molecule has 41 heavy (non-hydrogen) atoms. The van der Waals surface area contributed by atoms with Crippen LogP contribution in [0.3, 0.4) is 0 Å². The zero-order chi connectivity index (χ0) is 29.6. The van der Waals surface area contributed by atoms with E-state index in [2.05, 4.69) is 16.0 Å². The second-order valence-corrected chi connectivity index (χ2v) is 13.2. The van der Waals surface area contributed by atoms with E-state index in [0.29, 0.717) is 4.88 Å². The molecule has 1 aromatic heterocycles. The number of Topliss-reactive ketones (excluding diaryl/α,β-unsaturated/α-hetero) is 1. The van der Waals surface area contributed by atoms with E-state index in [1.807, 2.05) is 29.0 Å². The molecule has 0 saturated carbocycles. The molecule has 0 spiro atoms. The molecule has 1 aromatic carbocycles. The van der Waals surface area contributed by atoms with Gasteiger partial charge in [0.1, 0.15) is 6.04 Å². The first-order valence-electron chi connectivity index (χ1n) is 13.5. The molecule has 1 aliphatic heterocycles. The zero-order valence-corrected chi connectivity index (χ0v) is 24.2. The number of halogens is 1. The number of allylic oxidation sites excluding steroid dienone is 4. The number of carbonyl (C=O) groups excluding carboxylic acids is 4. The van der Waals surface area contributed by atoms with Crippen LogP contribution < -0.4 is 20.7 Å². The Balaban J connectivity index is 1.47. The van der Waals surface area contributed by atoms with E-state index in [-0.39, 0.29) is 24.8 Å². The van der Waals surface area contributed by atoms with Crippen molar-refractivity contribution in [2.24, 2.45) is 5.92 Å². The van der Waals surface area contributed by atoms with Gasteiger partial charge in [0.15, 0.2) is 11.6 Å². The van der Waals surface area contributed by atoms with Gasteiger partial charge in [0.2, 0.25) is 5.91 Å². The normalized spacial score (nSPS) is 19.4. The van der Waals surface area contributed by atoms with Gasteiger partial charge in [0, 0.05) is 17.2 Å². The van der Waals surface area contributed by atoms with Crippen molar-refractivity contribution in [2.75, 3.05) is 13.1 Å². The van der Waals surface area contributed by atoms with Crippen molar-refractivity contribution in [3.8, 4) is 0 Å². The summed E-state index contributed by atoms with van der Waals surface area (Å²) in [6, 6.07) is 7.80. The first-order chi connectivity index (χ1) is 19.5. The number of ketones is 1. The van der Waals surface area contributed by atoms with E-state index in [4.69, 9.17) is 0 Å². The van der Waals surface area contributed by atoms with Crippen molar-refractivity contribution >= 4 is 55.0 Å². The predicted molar refractivity (Wildman–Crippen MR) is 154 cm³/mol. The summed E-state index contributed by atoms with van der Waals surface area (Å²) in [4.78, 5) is 50.7. The lowest BCUT2D eigenvalue weighted by atomic mass is 9.97. The fourth-order valence-corrected chi connectivity index (χ4v) is 6.89. The summed E-state index contributed by atoms with van der Waals surface area (Å²) in [5.41, 5.74) is 0. The molecule has 2 aliphatic rings. The first kappa shape index (κ1) is 30.5. The minimum absolute atomic E-state index is 0.0237. The lowest BCUT2D eigenvalue weighted by Crippen LogP contribution is -2.49. The quantitative estimate of drug-likeness (QED) is 0.326. The minimum atomic E-state index is -4.49. The number of carbonyl (C=O) groups is 4. The van der Waals surface area contributed by atoms with Crippen LogP contribution in [-0.4, -0.2) is 57.1 Å². The molecule has 2 heterocycles. The third-order valence-corrected chi connectivity index (χ3v) is 9.54. The molecule has 1 fully saturated rings. The van der Waals surface area contributed by atoms with Crippen LogP contribution in [0.25, 0.3) is 10.1 Å². The average Bonchev–Trinajstić information content (AvgIpc) is 3.20. The summed E-state index contributed by atoms with van der Waals surface area (Å²) >= 11 is 1.23. The maximum Gasteiger partial charge on any atom is 0.262 e. The summed E-state index contributed by atoms with van der Waals surface area (Å²) in [5, 5.41) is 9.79. The van der Waals surface area contributed by atoms with Gasteiger partial charge in [-0.2, -0.15) is 0 Å². The van der Waals surface area contributed by atoms with E-state index < -0.39 is 56.7 Å². The van der Waals surface area contributed by atoms with Crippen LogP contribution >= 0.6 is 11.3 Å². The van der Waals surface area contributed by atoms with Crippen LogP contribution in [0.4, 0.5) is 4.39 Å². The maximum atomic E-state index is 13.4. The van der Waals surface area contributed by atoms with Crippen LogP contribution in [0.1, 0.15) is 55.1 Å². The summed E-state index contributed by atoms with van der Waals surface area (Å²) in [6.45, 7) is 3.45. The highest BCUT2D eigenvalue weighted by Crippen LogP contribution is 2.26. The molecule has 2 unspecified atom stereocenters. The largest absolute Gasteiger partial charge is 0.353 e. The molecular weight excluding hydrogens is 571 g/mol. The Morgan fingerprint density at radius 3 is 2.68 bits per heavy atom. The molecule has 0 radical (unpaired) electrons. The fraction of sp³-hybridized carbons (Fsp3) is 0.429. The van der Waals surface area contributed by atoms with Crippen molar-refractivity contribution in [3.05, 3.63) is 58.1 Å². The van der Waals surface area contributed by atoms with Gasteiger partial charge in [-0.3, -0.25) is 19.2 Å². The lowest BCUT2D eigenvalue weighted by molar-refractivity contribution is -0.124. The third-order valence-electron chi connectivity index (χ3n) is 6.98. The Kier molecular flexibility index (Phi) is 10.1. The van der Waals surface area contributed by atoms with Crippen molar-refractivity contribution in [2.45, 2.75) is 57.5 Å². The summed E-state index contributed by atoms with van der Waals surface area (Å²) in [7, 11) is -4.49. The van der Waals surface area contributed by atoms with Gasteiger partial charge in [-0.05, 0) is 74.4 Å². The molecule has 220 valence electrons. The second kappa shape index (κ2) is 13.5. The minimum Gasteiger partial charge on any atom is -0.353 e. The molecule has 1 aliphatic carbocycles. The smallest absolute Gasteiger partial charge is 0.262 e. The van der Waals surface area contributed by atoms with Gasteiger partial charge in [-0.15, -0.1) is 11.3 Å². The molecule has 13 heteroatoms. The van der Waals surface area contributed by atoms with Crippen LogP contribution in [-0.2, 0) is 24.4 Å². The summed E-state index contributed by atoms with van der Waals surface area (Å²) in [5.74, 6) is -4.26. The summed E-state index contributed by atoms with van der Waals surface area (Å²) in [6.07, 6.45) is 3.60. The standard InChI is InChI=1S/C28H33FN4O6S2/c1-17(14-26(35)31-19-6-4-11-30-12-10-19)13-22(32-28(37)25-15-18-5-2-3-7-24(18)40-25)27(36)33-41(38,39)20-8-9-21(29)23(34)16-20/h2-3,5,7-9,15,17,19,22,30H,4,6,10-14,16H2,1H3,(H,31,35)(H,32,37)(H,33,36)/t17?,19?,22-/m0/s1. The van der Waals surface area contributed by atoms with E-state index in [9.17, 15) is 32.0 Å². The number of sulfonamides is 1. The van der Waals surface area contributed by atoms with Gasteiger partial charge < -0.3 is 16.0 Å². The Morgan fingerprint density at radius 1 is 1.15 bits per heavy atom. The molecule has 4 N–H and O–H groups in total. The molecular formula is C28H33FN4O6S2. The van der Waals surface area contributed by atoms with Crippen LogP contribution in [0.2, 0.25) is 0 Å². The Hall–Kier alpha value is -3.42. The molecule has 10 nitrogen and oxygen atoms in total. The van der Waals surface area contributed by atoms with E-state index in [1.165, 1.54) is 11.3 Å². The highest BCUT2D eigenvalue weighted by molar-refractivity contribution is 7.94.